The Morgan fingerprint density at radius 1 is 0.788 bits per heavy atom. The molecule has 3 aromatic carbocycles. The number of benzene rings is 3. The molecule has 0 aliphatic rings. The van der Waals surface area contributed by atoms with Crippen molar-refractivity contribution in [2.75, 3.05) is 0 Å². The highest BCUT2D eigenvalue weighted by Crippen LogP contribution is 2.31. The van der Waals surface area contributed by atoms with Crippen molar-refractivity contribution in [3.63, 3.8) is 0 Å². The van der Waals surface area contributed by atoms with Crippen LogP contribution in [0.15, 0.2) is 108 Å². The van der Waals surface area contributed by atoms with E-state index in [0.29, 0.717) is 11.7 Å². The number of rotatable bonds is 6. The summed E-state index contributed by atoms with van der Waals surface area (Å²) in [5.41, 5.74) is 5.43. The van der Waals surface area contributed by atoms with E-state index in [1.807, 2.05) is 41.4 Å². The molecule has 0 aliphatic carbocycles. The summed E-state index contributed by atoms with van der Waals surface area (Å²) in [5, 5.41) is 5.35. The van der Waals surface area contributed by atoms with Gasteiger partial charge in [0.15, 0.2) is 0 Å². The van der Waals surface area contributed by atoms with Gasteiger partial charge in [0, 0.05) is 48.1 Å². The van der Waals surface area contributed by atoms with Crippen LogP contribution in [-0.4, -0.2) is 24.3 Å². The van der Waals surface area contributed by atoms with Gasteiger partial charge in [-0.05, 0) is 17.2 Å². The predicted molar refractivity (Wildman–Crippen MR) is 128 cm³/mol. The molecule has 0 amide bonds. The summed E-state index contributed by atoms with van der Waals surface area (Å²) in [5.74, 6) is 1.11. The Bertz CT molecular complexity index is 1500. The molecule has 0 unspecified atom stereocenters. The van der Waals surface area contributed by atoms with E-state index >= 15 is 0 Å². The Kier molecular flexibility index (Phi) is 4.81. The van der Waals surface area contributed by atoms with Gasteiger partial charge in [-0.3, -0.25) is 0 Å². The van der Waals surface area contributed by atoms with E-state index in [1.54, 1.807) is 6.20 Å². The number of nitrogens with zero attached hydrogens (tertiary/aromatic N) is 5. The van der Waals surface area contributed by atoms with Gasteiger partial charge in [0.1, 0.15) is 0 Å². The molecule has 6 nitrogen and oxygen atoms in total. The number of hydrogen-bond donors (Lipinski definition) is 0. The highest BCUT2D eigenvalue weighted by atomic mass is 16.5. The lowest BCUT2D eigenvalue weighted by Gasteiger charge is -2.05. The summed E-state index contributed by atoms with van der Waals surface area (Å²) in [6.45, 7) is 1.55. The highest BCUT2D eigenvalue weighted by Gasteiger charge is 2.17. The zero-order chi connectivity index (χ0) is 22.0. The molecule has 0 saturated carbocycles. The molecule has 0 fully saturated rings. The van der Waals surface area contributed by atoms with Gasteiger partial charge in [0.2, 0.25) is 5.82 Å². The molecule has 0 N–H and O–H groups in total. The van der Waals surface area contributed by atoms with Crippen LogP contribution in [0.5, 0.6) is 0 Å². The molecule has 160 valence electrons. The second kappa shape index (κ2) is 8.24. The van der Waals surface area contributed by atoms with Gasteiger partial charge in [-0.25, -0.2) is 4.98 Å². The fraction of sp³-hybridized carbons (Fsp3) is 0.0741. The second-order valence-electron chi connectivity index (χ2n) is 8.03. The van der Waals surface area contributed by atoms with Crippen molar-refractivity contribution in [1.29, 1.82) is 0 Å². The summed E-state index contributed by atoms with van der Waals surface area (Å²) < 4.78 is 9.97. The van der Waals surface area contributed by atoms with E-state index in [4.69, 9.17) is 9.51 Å². The number of fused-ring (bicyclic) bond motifs is 1. The fourth-order valence-corrected chi connectivity index (χ4v) is 4.13. The molecule has 0 aliphatic heterocycles. The first kappa shape index (κ1) is 19.3. The molecule has 6 rings (SSSR count). The summed E-state index contributed by atoms with van der Waals surface area (Å²) in [7, 11) is 0. The highest BCUT2D eigenvalue weighted by molar-refractivity contribution is 5.94. The lowest BCUT2D eigenvalue weighted by molar-refractivity contribution is 0.432. The Labute approximate surface area is 190 Å². The molecule has 0 radical (unpaired) electrons. The molecule has 3 aromatic heterocycles. The molecule has 6 heteroatoms. The molecule has 0 bridgehead atoms. The lowest BCUT2D eigenvalue weighted by atomic mass is 10.1. The average molecular weight is 431 g/mol. The van der Waals surface area contributed by atoms with Crippen molar-refractivity contribution in [2.24, 2.45) is 0 Å². The summed E-state index contributed by atoms with van der Waals surface area (Å²) in [6.07, 6.45) is 7.65. The first-order chi connectivity index (χ1) is 16.3. The summed E-state index contributed by atoms with van der Waals surface area (Å²) in [6, 6.07) is 27.0. The van der Waals surface area contributed by atoms with Crippen LogP contribution in [0.1, 0.15) is 11.1 Å². The van der Waals surface area contributed by atoms with Crippen LogP contribution >= 0.6 is 0 Å². The fourth-order valence-electron chi connectivity index (χ4n) is 4.13. The maximum atomic E-state index is 5.71. The minimum absolute atomic E-state index is 0.524. The minimum Gasteiger partial charge on any atom is -0.342 e. The van der Waals surface area contributed by atoms with Crippen molar-refractivity contribution in [1.82, 2.24) is 24.3 Å². The summed E-state index contributed by atoms with van der Waals surface area (Å²) >= 11 is 0. The smallest absolute Gasteiger partial charge is 0.260 e. The van der Waals surface area contributed by atoms with E-state index in [0.717, 1.165) is 35.1 Å². The van der Waals surface area contributed by atoms with Crippen LogP contribution in [0.2, 0.25) is 0 Å². The lowest BCUT2D eigenvalue weighted by Crippen LogP contribution is -1.97. The Balaban J connectivity index is 1.31. The van der Waals surface area contributed by atoms with Gasteiger partial charge in [-0.1, -0.05) is 78.0 Å². The van der Waals surface area contributed by atoms with Crippen molar-refractivity contribution < 1.29 is 4.52 Å². The molecule has 3 heterocycles. The molecule has 6 aromatic rings. The minimum atomic E-state index is 0.524. The molecule has 0 atom stereocenters. The van der Waals surface area contributed by atoms with Gasteiger partial charge in [-0.2, -0.15) is 4.98 Å². The Morgan fingerprint density at radius 3 is 2.39 bits per heavy atom. The van der Waals surface area contributed by atoms with Gasteiger partial charge in [0.05, 0.1) is 11.9 Å². The second-order valence-corrected chi connectivity index (χ2v) is 8.03. The SMILES string of the molecule is c1ccc(Cn2cc(-c3nc(-c4ccc(Cn5ccnc5)cc4)no3)c3ccccc32)cc1. The molecule has 0 saturated heterocycles. The quantitative estimate of drug-likeness (QED) is 0.342. The first-order valence-electron chi connectivity index (χ1n) is 10.8. The van der Waals surface area contributed by atoms with Crippen LogP contribution < -0.4 is 0 Å². The van der Waals surface area contributed by atoms with Crippen LogP contribution in [0.3, 0.4) is 0 Å². The van der Waals surface area contributed by atoms with Gasteiger partial charge < -0.3 is 13.7 Å². The largest absolute Gasteiger partial charge is 0.342 e. The molecular formula is C27H21N5O. The van der Waals surface area contributed by atoms with E-state index in [2.05, 4.69) is 75.5 Å². The zero-order valence-corrected chi connectivity index (χ0v) is 17.9. The van der Waals surface area contributed by atoms with Crippen molar-refractivity contribution in [2.45, 2.75) is 13.1 Å². The summed E-state index contributed by atoms with van der Waals surface area (Å²) in [4.78, 5) is 8.81. The van der Waals surface area contributed by atoms with Crippen molar-refractivity contribution in [3.05, 3.63) is 115 Å². The van der Waals surface area contributed by atoms with Crippen LogP contribution in [0.25, 0.3) is 33.7 Å². The van der Waals surface area contributed by atoms with Crippen LogP contribution in [0, 0.1) is 0 Å². The zero-order valence-electron chi connectivity index (χ0n) is 17.9. The number of aromatic nitrogens is 5. The van der Waals surface area contributed by atoms with E-state index in [-0.39, 0.29) is 0 Å². The third-order valence-corrected chi connectivity index (χ3v) is 5.78. The topological polar surface area (TPSA) is 61.7 Å². The van der Waals surface area contributed by atoms with Crippen molar-refractivity contribution >= 4 is 10.9 Å². The van der Waals surface area contributed by atoms with E-state index < -0.39 is 0 Å². The molecular weight excluding hydrogens is 410 g/mol. The number of hydrogen-bond acceptors (Lipinski definition) is 4. The third-order valence-electron chi connectivity index (χ3n) is 5.78. The maximum Gasteiger partial charge on any atom is 0.260 e. The standard InChI is InChI=1S/C27H21N5O/c1-2-6-20(7-3-1)17-32-18-24(23-8-4-5-9-25(23)32)27-29-26(30-33-27)22-12-10-21(11-13-22)16-31-15-14-28-19-31/h1-15,18-19H,16-17H2. The molecule has 0 spiro atoms. The van der Waals surface area contributed by atoms with E-state index in [9.17, 15) is 0 Å². The third kappa shape index (κ3) is 3.83. The van der Waals surface area contributed by atoms with Gasteiger partial charge in [0.25, 0.3) is 5.89 Å². The van der Waals surface area contributed by atoms with E-state index in [1.165, 1.54) is 11.1 Å². The number of imidazole rings is 1. The van der Waals surface area contributed by atoms with Crippen LogP contribution in [-0.2, 0) is 13.1 Å². The molecule has 33 heavy (non-hydrogen) atoms. The average Bonchev–Trinajstić information content (AvgIpc) is 3.61. The Hall–Kier alpha value is -4.45. The monoisotopic (exact) mass is 431 g/mol. The van der Waals surface area contributed by atoms with Crippen LogP contribution in [0.4, 0.5) is 0 Å². The Morgan fingerprint density at radius 2 is 1.58 bits per heavy atom. The van der Waals surface area contributed by atoms with Gasteiger partial charge >= 0.3 is 0 Å². The van der Waals surface area contributed by atoms with Crippen molar-refractivity contribution in [3.8, 4) is 22.8 Å². The van der Waals surface area contributed by atoms with Gasteiger partial charge in [-0.15, -0.1) is 0 Å². The predicted octanol–water partition coefficient (Wildman–Crippen LogP) is 5.65. The number of para-hydroxylation sites is 1. The first-order valence-corrected chi connectivity index (χ1v) is 10.8. The maximum absolute atomic E-state index is 5.71. The normalized spacial score (nSPS) is 11.3.